The van der Waals surface area contributed by atoms with E-state index in [0.717, 1.165) is 5.56 Å². The second-order valence-electron chi connectivity index (χ2n) is 12.8. The number of ether oxygens (including phenoxy) is 1. The maximum Gasteiger partial charge on any atom is 0.393 e. The molecule has 256 valence electrons. The van der Waals surface area contributed by atoms with Gasteiger partial charge in [0.25, 0.3) is 5.91 Å². The summed E-state index contributed by atoms with van der Waals surface area (Å²) in [5, 5.41) is 14.4. The lowest BCUT2D eigenvalue weighted by Gasteiger charge is -2.33. The van der Waals surface area contributed by atoms with Crippen LogP contribution < -0.4 is 10.6 Å². The number of aryl methyl sites for hydroxylation is 1. The molecule has 1 saturated carbocycles. The number of imidazole rings is 1. The number of amides is 2. The van der Waals surface area contributed by atoms with E-state index in [4.69, 9.17) is 14.8 Å². The first-order valence-electron chi connectivity index (χ1n) is 16.1. The molecule has 3 fully saturated rings. The number of rotatable bonds is 9. The van der Waals surface area contributed by atoms with Gasteiger partial charge in [-0.2, -0.15) is 23.4 Å². The third kappa shape index (κ3) is 7.58. The number of nitrogens with one attached hydrogen (secondary N) is 2. The fraction of sp³-hybridized carbons (Fsp3) is 0.645. The first kappa shape index (κ1) is 33.2. The maximum atomic E-state index is 14.2. The SMILES string of the molecule is CCn1nccc1C(=O)N[C@H](c1cn2nc(C[C@H]3C[C@@H](C(F)(F)F)CNC3=O)c(CN3CCOCC3)cc2n1)C1CCC(F)(F)CC1. The number of nitrogens with zero attached hydrogens (tertiary/aromatic N) is 6. The monoisotopic (exact) mass is 666 g/mol. The van der Waals surface area contributed by atoms with Gasteiger partial charge in [0, 0.05) is 64.1 Å². The van der Waals surface area contributed by atoms with Crippen molar-refractivity contribution in [2.24, 2.45) is 17.8 Å². The zero-order valence-corrected chi connectivity index (χ0v) is 26.1. The summed E-state index contributed by atoms with van der Waals surface area (Å²) in [5.41, 5.74) is 2.40. The van der Waals surface area contributed by atoms with Gasteiger partial charge in [0.05, 0.1) is 42.8 Å². The fourth-order valence-corrected chi connectivity index (χ4v) is 6.86. The largest absolute Gasteiger partial charge is 0.393 e. The molecule has 2 saturated heterocycles. The fourth-order valence-electron chi connectivity index (χ4n) is 6.86. The third-order valence-corrected chi connectivity index (χ3v) is 9.59. The molecule has 0 bridgehead atoms. The summed E-state index contributed by atoms with van der Waals surface area (Å²) in [4.78, 5) is 33.1. The van der Waals surface area contributed by atoms with Crippen LogP contribution in [0.15, 0.2) is 24.5 Å². The lowest BCUT2D eigenvalue weighted by Crippen LogP contribution is -2.47. The first-order chi connectivity index (χ1) is 22.4. The lowest BCUT2D eigenvalue weighted by molar-refractivity contribution is -0.183. The van der Waals surface area contributed by atoms with Crippen molar-refractivity contribution < 1.29 is 36.3 Å². The van der Waals surface area contributed by atoms with Crippen molar-refractivity contribution in [2.75, 3.05) is 32.8 Å². The third-order valence-electron chi connectivity index (χ3n) is 9.59. The molecule has 3 aromatic rings. The summed E-state index contributed by atoms with van der Waals surface area (Å²) in [6.45, 7) is 4.68. The summed E-state index contributed by atoms with van der Waals surface area (Å²) in [7, 11) is 0. The van der Waals surface area contributed by atoms with Gasteiger partial charge < -0.3 is 15.4 Å². The lowest BCUT2D eigenvalue weighted by atomic mass is 9.81. The zero-order chi connectivity index (χ0) is 33.3. The Kier molecular flexibility index (Phi) is 9.52. The number of alkyl halides is 5. The van der Waals surface area contributed by atoms with Crippen LogP contribution in [-0.2, 0) is 29.0 Å². The van der Waals surface area contributed by atoms with Crippen LogP contribution in [0, 0.1) is 17.8 Å². The van der Waals surface area contributed by atoms with Crippen LogP contribution in [0.25, 0.3) is 5.65 Å². The Hall–Kier alpha value is -3.66. The van der Waals surface area contributed by atoms with E-state index in [2.05, 4.69) is 20.6 Å². The molecule has 16 heteroatoms. The molecule has 3 atom stereocenters. The van der Waals surface area contributed by atoms with Gasteiger partial charge in [0.15, 0.2) is 5.65 Å². The number of carbonyl (C=O) groups is 2. The molecule has 0 radical (unpaired) electrons. The Morgan fingerprint density at radius 1 is 1.21 bits per heavy atom. The minimum atomic E-state index is -4.43. The van der Waals surface area contributed by atoms with Crippen LogP contribution in [0.5, 0.6) is 0 Å². The molecule has 0 aromatic carbocycles. The number of piperidine rings is 1. The molecule has 2 aliphatic heterocycles. The van der Waals surface area contributed by atoms with Crippen LogP contribution >= 0.6 is 0 Å². The van der Waals surface area contributed by atoms with Crippen LogP contribution in [0.4, 0.5) is 22.0 Å². The van der Waals surface area contributed by atoms with Crippen molar-refractivity contribution in [3.05, 3.63) is 47.2 Å². The number of morpholine rings is 1. The number of aromatic nitrogens is 5. The van der Waals surface area contributed by atoms with E-state index in [-0.39, 0.29) is 44.4 Å². The second-order valence-corrected chi connectivity index (χ2v) is 12.8. The molecule has 2 amide bonds. The van der Waals surface area contributed by atoms with Crippen LogP contribution in [0.1, 0.15) is 72.5 Å². The van der Waals surface area contributed by atoms with E-state index in [1.165, 1.54) is 10.7 Å². The van der Waals surface area contributed by atoms with E-state index in [1.54, 1.807) is 16.9 Å². The van der Waals surface area contributed by atoms with Crippen LogP contribution in [0.2, 0.25) is 0 Å². The summed E-state index contributed by atoms with van der Waals surface area (Å²) in [6, 6.07) is 2.69. The highest BCUT2D eigenvalue weighted by Gasteiger charge is 2.45. The topological polar surface area (TPSA) is 119 Å². The highest BCUT2D eigenvalue weighted by atomic mass is 19.4. The van der Waals surface area contributed by atoms with Gasteiger partial charge in [-0.15, -0.1) is 0 Å². The Bertz CT molecular complexity index is 1570. The average molecular weight is 667 g/mol. The molecular formula is C31H39F5N8O3. The summed E-state index contributed by atoms with van der Waals surface area (Å²) in [6.07, 6.45) is -1.88. The van der Waals surface area contributed by atoms with Crippen molar-refractivity contribution in [1.29, 1.82) is 0 Å². The maximum absolute atomic E-state index is 14.2. The van der Waals surface area contributed by atoms with E-state index in [9.17, 15) is 31.5 Å². The van der Waals surface area contributed by atoms with Gasteiger partial charge in [-0.3, -0.25) is 19.2 Å². The Morgan fingerprint density at radius 3 is 2.66 bits per heavy atom. The van der Waals surface area contributed by atoms with Gasteiger partial charge in [-0.25, -0.2) is 18.3 Å². The minimum Gasteiger partial charge on any atom is -0.379 e. The number of fused-ring (bicyclic) bond motifs is 1. The molecule has 2 N–H and O–H groups in total. The van der Waals surface area contributed by atoms with Crippen molar-refractivity contribution in [1.82, 2.24) is 39.9 Å². The molecule has 5 heterocycles. The highest BCUT2D eigenvalue weighted by Crippen LogP contribution is 2.41. The molecule has 3 aliphatic rings. The Balaban J connectivity index is 1.34. The first-order valence-corrected chi connectivity index (χ1v) is 16.1. The van der Waals surface area contributed by atoms with Gasteiger partial charge >= 0.3 is 6.18 Å². The highest BCUT2D eigenvalue weighted by molar-refractivity contribution is 5.92. The van der Waals surface area contributed by atoms with Gasteiger partial charge in [-0.05, 0) is 49.8 Å². The Morgan fingerprint density at radius 2 is 1.96 bits per heavy atom. The van der Waals surface area contributed by atoms with Crippen LogP contribution in [-0.4, -0.2) is 86.0 Å². The number of hydrogen-bond acceptors (Lipinski definition) is 7. The molecule has 1 aliphatic carbocycles. The quantitative estimate of drug-likeness (QED) is 0.333. The summed E-state index contributed by atoms with van der Waals surface area (Å²) >= 11 is 0. The van der Waals surface area contributed by atoms with E-state index in [1.807, 2.05) is 13.0 Å². The van der Waals surface area contributed by atoms with Crippen molar-refractivity contribution in [2.45, 2.75) is 76.7 Å². The summed E-state index contributed by atoms with van der Waals surface area (Å²) in [5.74, 6) is -6.52. The number of hydrogen-bond donors (Lipinski definition) is 2. The molecule has 47 heavy (non-hydrogen) atoms. The van der Waals surface area contributed by atoms with E-state index >= 15 is 0 Å². The van der Waals surface area contributed by atoms with Crippen molar-refractivity contribution in [3.8, 4) is 0 Å². The molecule has 0 unspecified atom stereocenters. The van der Waals surface area contributed by atoms with E-state index < -0.39 is 48.3 Å². The average Bonchev–Trinajstić information content (AvgIpc) is 3.68. The van der Waals surface area contributed by atoms with Crippen LogP contribution in [0.3, 0.4) is 0 Å². The molecule has 0 spiro atoms. The normalized spacial score (nSPS) is 23.5. The predicted molar refractivity (Wildman–Crippen MR) is 158 cm³/mol. The van der Waals surface area contributed by atoms with Gasteiger partial charge in [0.1, 0.15) is 5.69 Å². The standard InChI is InChI=1S/C31H39F5N8O3/c1-2-43-25(5-8-38-43)29(46)40-27(19-3-6-30(32,33)7-4-19)24-18-44-26(39-24)15-21(17-42-9-11-47-12-10-42)23(41-44)14-20-13-22(31(34,35)36)16-37-28(20)45/h5,8,15,18-20,22,27H,2-4,6-7,9-14,16-17H2,1H3,(H,37,45)(H,40,46)/t20-,22-,27+/m1/s1. The van der Waals surface area contributed by atoms with Crippen molar-refractivity contribution >= 4 is 17.5 Å². The molecule has 6 rings (SSSR count). The van der Waals surface area contributed by atoms with Gasteiger partial charge in [0.2, 0.25) is 11.8 Å². The Labute approximate surface area is 268 Å². The molecule has 11 nitrogen and oxygen atoms in total. The molecule has 3 aromatic heterocycles. The smallest absolute Gasteiger partial charge is 0.379 e. The minimum absolute atomic E-state index is 0.000416. The van der Waals surface area contributed by atoms with Crippen molar-refractivity contribution in [3.63, 3.8) is 0 Å². The second kappa shape index (κ2) is 13.5. The van der Waals surface area contributed by atoms with Gasteiger partial charge in [-0.1, -0.05) is 0 Å². The van der Waals surface area contributed by atoms with E-state index in [0.29, 0.717) is 62.1 Å². The number of halogens is 5. The molecular weight excluding hydrogens is 627 g/mol. The summed E-state index contributed by atoms with van der Waals surface area (Å²) < 4.78 is 77.6. The predicted octanol–water partition coefficient (Wildman–Crippen LogP) is 3.93. The zero-order valence-electron chi connectivity index (χ0n) is 26.1. The number of carbonyl (C=O) groups excluding carboxylic acids is 2.